The number of methoxy groups -OCH3 is 2. The van der Waals surface area contributed by atoms with Crippen molar-refractivity contribution in [2.75, 3.05) is 40.6 Å². The first-order valence-electron chi connectivity index (χ1n) is 11.5. The highest BCUT2D eigenvalue weighted by Gasteiger charge is 2.30. The van der Waals surface area contributed by atoms with Crippen LogP contribution < -0.4 is 4.74 Å². The van der Waals surface area contributed by atoms with Gasteiger partial charge in [-0.2, -0.15) is 14.9 Å². The van der Waals surface area contributed by atoms with E-state index in [1.54, 1.807) is 30.3 Å². The number of nitrogens with zero attached hydrogens (tertiary/aromatic N) is 2. The standard InChI is InChI=1S/C28H21F3N2O7/c1-36-8-10-38-27(34)17-12-18(16-6-4-3-5-7-16)25(19(13-17)28(35)39-11-9-37-2)40-26-23(30)21(15-33)20(14-32)22(29)24(26)31/h3-7,12-13H,8-11H2,1-2H3. The van der Waals surface area contributed by atoms with Crippen molar-refractivity contribution in [2.45, 2.75) is 0 Å². The first kappa shape index (κ1) is 29.6. The van der Waals surface area contributed by atoms with Gasteiger partial charge in [-0.3, -0.25) is 0 Å². The number of halogens is 3. The molecular formula is C28H21F3N2O7. The fourth-order valence-corrected chi connectivity index (χ4v) is 3.48. The Labute approximate surface area is 226 Å². The fraction of sp³-hybridized carbons (Fsp3) is 0.214. The van der Waals surface area contributed by atoms with Gasteiger partial charge < -0.3 is 23.7 Å². The Balaban J connectivity index is 2.30. The second-order valence-corrected chi connectivity index (χ2v) is 7.87. The minimum atomic E-state index is -1.91. The minimum absolute atomic E-state index is 0.00183. The van der Waals surface area contributed by atoms with Gasteiger partial charge >= 0.3 is 11.9 Å². The van der Waals surface area contributed by atoms with Crippen LogP contribution in [0.15, 0.2) is 42.5 Å². The molecule has 0 aliphatic rings. The summed E-state index contributed by atoms with van der Waals surface area (Å²) in [4.78, 5) is 25.9. The monoisotopic (exact) mass is 554 g/mol. The van der Waals surface area contributed by atoms with Crippen molar-refractivity contribution >= 4 is 11.9 Å². The van der Waals surface area contributed by atoms with Gasteiger partial charge in [0.25, 0.3) is 0 Å². The number of carbonyl (C=O) groups is 2. The molecule has 12 heteroatoms. The lowest BCUT2D eigenvalue weighted by Crippen LogP contribution is -2.15. The molecule has 0 aliphatic heterocycles. The van der Waals surface area contributed by atoms with Crippen molar-refractivity contribution in [3.8, 4) is 34.8 Å². The molecule has 0 bridgehead atoms. The highest BCUT2D eigenvalue weighted by Crippen LogP contribution is 2.41. The Morgan fingerprint density at radius 1 is 0.750 bits per heavy atom. The highest BCUT2D eigenvalue weighted by molar-refractivity contribution is 6.01. The normalized spacial score (nSPS) is 10.4. The molecule has 206 valence electrons. The highest BCUT2D eigenvalue weighted by atomic mass is 19.2. The fourth-order valence-electron chi connectivity index (χ4n) is 3.48. The predicted octanol–water partition coefficient (Wildman–Crippen LogP) is 4.91. The molecule has 0 saturated heterocycles. The van der Waals surface area contributed by atoms with Gasteiger partial charge in [-0.15, -0.1) is 0 Å². The lowest BCUT2D eigenvalue weighted by Gasteiger charge is -2.18. The van der Waals surface area contributed by atoms with Gasteiger partial charge in [0.15, 0.2) is 11.6 Å². The molecule has 0 aliphatic carbocycles. The molecular weight excluding hydrogens is 533 g/mol. The van der Waals surface area contributed by atoms with Gasteiger partial charge in [0, 0.05) is 19.8 Å². The maximum atomic E-state index is 15.2. The number of ether oxygens (including phenoxy) is 5. The van der Waals surface area contributed by atoms with Gasteiger partial charge in [-0.05, 0) is 17.7 Å². The molecule has 9 nitrogen and oxygen atoms in total. The third-order valence-corrected chi connectivity index (χ3v) is 5.38. The van der Waals surface area contributed by atoms with E-state index < -0.39 is 57.6 Å². The molecule has 0 aromatic heterocycles. The summed E-state index contributed by atoms with van der Waals surface area (Å²) < 4.78 is 70.4. The number of hydrogen-bond acceptors (Lipinski definition) is 9. The van der Waals surface area contributed by atoms with E-state index >= 15 is 4.39 Å². The lowest BCUT2D eigenvalue weighted by molar-refractivity contribution is 0.0383. The Morgan fingerprint density at radius 3 is 1.90 bits per heavy atom. The van der Waals surface area contributed by atoms with Crippen LogP contribution in [0.3, 0.4) is 0 Å². The summed E-state index contributed by atoms with van der Waals surface area (Å²) in [5.74, 6) is -9.24. The molecule has 0 radical (unpaired) electrons. The van der Waals surface area contributed by atoms with Crippen molar-refractivity contribution in [3.05, 3.63) is 82.2 Å². The minimum Gasteiger partial charge on any atom is -0.460 e. The largest absolute Gasteiger partial charge is 0.460 e. The summed E-state index contributed by atoms with van der Waals surface area (Å²) in [5, 5.41) is 18.4. The quantitative estimate of drug-likeness (QED) is 0.184. The van der Waals surface area contributed by atoms with Crippen LogP contribution in [0.25, 0.3) is 11.1 Å². The smallest absolute Gasteiger partial charge is 0.342 e. The van der Waals surface area contributed by atoms with Gasteiger partial charge in [0.2, 0.25) is 11.6 Å². The van der Waals surface area contributed by atoms with Crippen molar-refractivity contribution in [1.82, 2.24) is 0 Å². The Bertz CT molecular complexity index is 1500. The van der Waals surface area contributed by atoms with Gasteiger partial charge in [-0.1, -0.05) is 30.3 Å². The summed E-state index contributed by atoms with van der Waals surface area (Å²) in [6.07, 6.45) is 0. The zero-order valence-electron chi connectivity index (χ0n) is 21.3. The number of hydrogen-bond donors (Lipinski definition) is 0. The van der Waals surface area contributed by atoms with Crippen molar-refractivity contribution in [3.63, 3.8) is 0 Å². The molecule has 0 unspecified atom stereocenters. The molecule has 3 aromatic carbocycles. The summed E-state index contributed by atoms with van der Waals surface area (Å²) in [6.45, 7) is -0.249. The average Bonchev–Trinajstić information content (AvgIpc) is 2.97. The first-order chi connectivity index (χ1) is 19.3. The average molecular weight is 554 g/mol. The molecule has 0 heterocycles. The van der Waals surface area contributed by atoms with Crippen LogP contribution >= 0.6 is 0 Å². The maximum Gasteiger partial charge on any atom is 0.342 e. The molecule has 0 atom stereocenters. The zero-order chi connectivity index (χ0) is 29.2. The Kier molecular flexibility index (Phi) is 10.2. The molecule has 0 N–H and O–H groups in total. The number of rotatable bonds is 11. The summed E-state index contributed by atoms with van der Waals surface area (Å²) >= 11 is 0. The third-order valence-electron chi connectivity index (χ3n) is 5.38. The van der Waals surface area contributed by atoms with Crippen molar-refractivity contribution in [1.29, 1.82) is 10.5 Å². The molecule has 3 aromatic rings. The SMILES string of the molecule is COCCOC(=O)c1cc(C(=O)OCCOC)c(Oc2c(F)c(F)c(C#N)c(C#N)c2F)c(-c2ccccc2)c1. The first-order valence-corrected chi connectivity index (χ1v) is 11.5. The van der Waals surface area contributed by atoms with Crippen LogP contribution in [0.4, 0.5) is 13.2 Å². The molecule has 0 spiro atoms. The predicted molar refractivity (Wildman–Crippen MR) is 132 cm³/mol. The van der Waals surface area contributed by atoms with Crippen LogP contribution in [0, 0.1) is 40.1 Å². The maximum absolute atomic E-state index is 15.2. The van der Waals surface area contributed by atoms with Gasteiger partial charge in [0.1, 0.15) is 47.8 Å². The lowest BCUT2D eigenvalue weighted by atomic mass is 9.97. The van der Waals surface area contributed by atoms with E-state index in [0.29, 0.717) is 5.56 Å². The van der Waals surface area contributed by atoms with Crippen LogP contribution in [-0.4, -0.2) is 52.6 Å². The van der Waals surface area contributed by atoms with Crippen LogP contribution in [0.5, 0.6) is 11.5 Å². The number of benzene rings is 3. The van der Waals surface area contributed by atoms with E-state index in [2.05, 4.69) is 0 Å². The van der Waals surface area contributed by atoms with Crippen LogP contribution in [-0.2, 0) is 18.9 Å². The van der Waals surface area contributed by atoms with Crippen molar-refractivity contribution in [2.24, 2.45) is 0 Å². The van der Waals surface area contributed by atoms with Gasteiger partial charge in [-0.25, -0.2) is 18.4 Å². The van der Waals surface area contributed by atoms with E-state index in [0.717, 1.165) is 6.07 Å². The summed E-state index contributed by atoms with van der Waals surface area (Å²) in [7, 11) is 2.77. The van der Waals surface area contributed by atoms with Crippen LogP contribution in [0.1, 0.15) is 31.8 Å². The van der Waals surface area contributed by atoms with Crippen molar-refractivity contribution < 1.29 is 46.4 Å². The van der Waals surface area contributed by atoms with E-state index in [1.807, 2.05) is 0 Å². The Morgan fingerprint density at radius 2 is 1.32 bits per heavy atom. The molecule has 0 amide bonds. The van der Waals surface area contributed by atoms with E-state index in [4.69, 9.17) is 28.9 Å². The third kappa shape index (κ3) is 6.38. The number of nitriles is 2. The number of esters is 2. The summed E-state index contributed by atoms with van der Waals surface area (Å²) in [6, 6.07) is 12.8. The number of carbonyl (C=O) groups excluding carboxylic acids is 2. The molecule has 0 fully saturated rings. The molecule has 3 rings (SSSR count). The topological polar surface area (TPSA) is 128 Å². The summed E-state index contributed by atoms with van der Waals surface area (Å²) in [5.41, 5.74) is -2.57. The second-order valence-electron chi connectivity index (χ2n) is 7.87. The van der Waals surface area contributed by atoms with E-state index in [1.165, 1.54) is 32.4 Å². The van der Waals surface area contributed by atoms with E-state index in [9.17, 15) is 23.6 Å². The zero-order valence-corrected chi connectivity index (χ0v) is 21.3. The second kappa shape index (κ2) is 13.8. The molecule has 40 heavy (non-hydrogen) atoms. The Hall–Kier alpha value is -4.91. The van der Waals surface area contributed by atoms with Gasteiger partial charge in [0.05, 0.1) is 18.8 Å². The van der Waals surface area contributed by atoms with E-state index in [-0.39, 0.29) is 37.6 Å². The van der Waals surface area contributed by atoms with Crippen LogP contribution in [0.2, 0.25) is 0 Å². The molecule has 0 saturated carbocycles.